The van der Waals surface area contributed by atoms with Crippen molar-refractivity contribution < 1.29 is 5.11 Å². The minimum Gasteiger partial charge on any atom is -0.393 e. The third-order valence-electron chi connectivity index (χ3n) is 4.17. The molecule has 0 saturated carbocycles. The van der Waals surface area contributed by atoms with Gasteiger partial charge in [0.15, 0.2) is 11.6 Å². The van der Waals surface area contributed by atoms with Crippen molar-refractivity contribution in [2.75, 3.05) is 0 Å². The van der Waals surface area contributed by atoms with E-state index in [1.54, 1.807) is 0 Å². The maximum Gasteiger partial charge on any atom is 0.163 e. The fourth-order valence-electron chi connectivity index (χ4n) is 2.67. The normalized spacial score (nSPS) is 13.4. The molecule has 4 nitrogen and oxygen atoms in total. The van der Waals surface area contributed by atoms with Gasteiger partial charge in [0, 0.05) is 17.0 Å². The van der Waals surface area contributed by atoms with Gasteiger partial charge in [0.05, 0.1) is 6.10 Å². The van der Waals surface area contributed by atoms with Crippen molar-refractivity contribution >= 4 is 0 Å². The van der Waals surface area contributed by atoms with E-state index in [4.69, 9.17) is 9.97 Å². The third-order valence-corrected chi connectivity index (χ3v) is 4.17. The molecule has 1 heterocycles. The minimum atomic E-state index is -0.313. The van der Waals surface area contributed by atoms with Crippen LogP contribution in [0.25, 0.3) is 22.8 Å². The van der Waals surface area contributed by atoms with Crippen LogP contribution in [-0.2, 0) is 0 Å². The molecule has 3 aromatic rings. The summed E-state index contributed by atoms with van der Waals surface area (Å²) >= 11 is 0. The van der Waals surface area contributed by atoms with Gasteiger partial charge in [-0.05, 0) is 19.8 Å². The third kappa shape index (κ3) is 4.48. The molecule has 0 aliphatic rings. The number of benzene rings is 2. The number of aliphatic hydroxyl groups excluding tert-OH is 1. The lowest BCUT2D eigenvalue weighted by Gasteiger charge is -2.14. The van der Waals surface area contributed by atoms with Crippen molar-refractivity contribution in [3.8, 4) is 22.8 Å². The summed E-state index contributed by atoms with van der Waals surface area (Å²) in [6.07, 6.45) is 1.25. The van der Waals surface area contributed by atoms with E-state index in [9.17, 15) is 5.11 Å². The van der Waals surface area contributed by atoms with Gasteiger partial charge < -0.3 is 5.11 Å². The highest BCUT2D eigenvalue weighted by Crippen LogP contribution is 2.25. The monoisotopic (exact) mass is 333 g/mol. The van der Waals surface area contributed by atoms with Gasteiger partial charge in [-0.15, -0.1) is 0 Å². The van der Waals surface area contributed by atoms with Crippen molar-refractivity contribution in [3.63, 3.8) is 0 Å². The largest absolute Gasteiger partial charge is 0.393 e. The number of hydrogen-bond donors (Lipinski definition) is 1. The molecular weight excluding hydrogens is 310 g/mol. The summed E-state index contributed by atoms with van der Waals surface area (Å²) in [7, 11) is 0. The van der Waals surface area contributed by atoms with Crippen molar-refractivity contribution in [1.82, 2.24) is 15.0 Å². The summed E-state index contributed by atoms with van der Waals surface area (Å²) in [6.45, 7) is 3.91. The van der Waals surface area contributed by atoms with Crippen LogP contribution in [0.2, 0.25) is 0 Å². The van der Waals surface area contributed by atoms with Crippen molar-refractivity contribution in [1.29, 1.82) is 0 Å². The summed E-state index contributed by atoms with van der Waals surface area (Å²) in [5, 5.41) is 9.56. The van der Waals surface area contributed by atoms with E-state index in [1.165, 1.54) is 0 Å². The van der Waals surface area contributed by atoms with Crippen LogP contribution < -0.4 is 0 Å². The number of aromatic nitrogens is 3. The SMILES string of the molecule is CC(O)CCC(C)c1nc(-c2ccccc2)nc(-c2ccccc2)n1. The number of rotatable bonds is 6. The molecule has 0 radical (unpaired) electrons. The second-order valence-corrected chi connectivity index (χ2v) is 6.40. The van der Waals surface area contributed by atoms with Crippen LogP contribution >= 0.6 is 0 Å². The first kappa shape index (κ1) is 17.2. The Kier molecular flexibility index (Phi) is 5.51. The highest BCUT2D eigenvalue weighted by Gasteiger charge is 2.15. The molecule has 4 heteroatoms. The van der Waals surface area contributed by atoms with E-state index < -0.39 is 0 Å². The Morgan fingerprint density at radius 3 is 1.64 bits per heavy atom. The quantitative estimate of drug-likeness (QED) is 0.723. The maximum absolute atomic E-state index is 9.56. The Bertz CT molecular complexity index is 746. The Hall–Kier alpha value is -2.59. The molecule has 0 aliphatic carbocycles. The maximum atomic E-state index is 9.56. The molecule has 0 amide bonds. The lowest BCUT2D eigenvalue weighted by molar-refractivity contribution is 0.178. The van der Waals surface area contributed by atoms with Crippen LogP contribution in [0.1, 0.15) is 38.4 Å². The zero-order chi connectivity index (χ0) is 17.6. The molecule has 25 heavy (non-hydrogen) atoms. The fourth-order valence-corrected chi connectivity index (χ4v) is 2.67. The van der Waals surface area contributed by atoms with Gasteiger partial charge >= 0.3 is 0 Å². The summed E-state index contributed by atoms with van der Waals surface area (Å²) in [5.41, 5.74) is 1.96. The van der Waals surface area contributed by atoms with Crippen LogP contribution in [0.3, 0.4) is 0 Å². The van der Waals surface area contributed by atoms with Crippen molar-refractivity contribution in [3.05, 3.63) is 66.5 Å². The zero-order valence-electron chi connectivity index (χ0n) is 14.6. The smallest absolute Gasteiger partial charge is 0.163 e. The standard InChI is InChI=1S/C21H23N3O/c1-15(13-14-16(2)25)19-22-20(17-9-5-3-6-10-17)24-21(23-19)18-11-7-4-8-12-18/h3-12,15-16,25H,13-14H2,1-2H3. The molecule has 1 N–H and O–H groups in total. The average Bonchev–Trinajstić information content (AvgIpc) is 2.67. The van der Waals surface area contributed by atoms with E-state index in [-0.39, 0.29) is 12.0 Å². The Morgan fingerprint density at radius 1 is 0.720 bits per heavy atom. The molecule has 128 valence electrons. The minimum absolute atomic E-state index is 0.155. The molecule has 0 aliphatic heterocycles. The predicted molar refractivity (Wildman–Crippen MR) is 100 cm³/mol. The average molecular weight is 333 g/mol. The van der Waals surface area contributed by atoms with Crippen LogP contribution in [0.4, 0.5) is 0 Å². The molecule has 1 aromatic heterocycles. The molecule has 2 aromatic carbocycles. The van der Waals surface area contributed by atoms with Gasteiger partial charge in [0.25, 0.3) is 0 Å². The van der Waals surface area contributed by atoms with Gasteiger partial charge in [-0.2, -0.15) is 0 Å². The lowest BCUT2D eigenvalue weighted by atomic mass is 10.0. The molecule has 0 spiro atoms. The first-order valence-electron chi connectivity index (χ1n) is 8.68. The van der Waals surface area contributed by atoms with Gasteiger partial charge in [0.1, 0.15) is 5.82 Å². The molecule has 0 saturated heterocycles. The van der Waals surface area contributed by atoms with Crippen LogP contribution in [0, 0.1) is 0 Å². The Morgan fingerprint density at radius 2 is 1.20 bits per heavy atom. The highest BCUT2D eigenvalue weighted by atomic mass is 16.3. The van der Waals surface area contributed by atoms with Crippen molar-refractivity contribution in [2.45, 2.75) is 38.7 Å². The van der Waals surface area contributed by atoms with E-state index in [0.29, 0.717) is 11.6 Å². The molecule has 3 rings (SSSR count). The predicted octanol–water partition coefficient (Wildman–Crippen LogP) is 4.47. The van der Waals surface area contributed by atoms with Gasteiger partial charge in [0.2, 0.25) is 0 Å². The van der Waals surface area contributed by atoms with Crippen LogP contribution in [0.5, 0.6) is 0 Å². The summed E-state index contributed by atoms with van der Waals surface area (Å²) in [5.74, 6) is 2.30. The Balaban J connectivity index is 2.02. The molecule has 2 unspecified atom stereocenters. The number of nitrogens with zero attached hydrogens (tertiary/aromatic N) is 3. The zero-order valence-corrected chi connectivity index (χ0v) is 14.6. The molecule has 2 atom stereocenters. The van der Waals surface area contributed by atoms with Crippen molar-refractivity contribution in [2.24, 2.45) is 0 Å². The summed E-state index contributed by atoms with van der Waals surface area (Å²) in [6, 6.07) is 19.9. The summed E-state index contributed by atoms with van der Waals surface area (Å²) in [4.78, 5) is 14.1. The van der Waals surface area contributed by atoms with E-state index >= 15 is 0 Å². The van der Waals surface area contributed by atoms with E-state index in [0.717, 1.165) is 29.8 Å². The molecular formula is C21H23N3O. The number of aliphatic hydroxyl groups is 1. The first-order chi connectivity index (χ1) is 12.1. The summed E-state index contributed by atoms with van der Waals surface area (Å²) < 4.78 is 0. The Labute approximate surface area is 148 Å². The topological polar surface area (TPSA) is 58.9 Å². The van der Waals surface area contributed by atoms with E-state index in [2.05, 4.69) is 11.9 Å². The first-order valence-corrected chi connectivity index (χ1v) is 8.68. The van der Waals surface area contributed by atoms with Crippen LogP contribution in [0.15, 0.2) is 60.7 Å². The molecule has 0 fully saturated rings. The van der Waals surface area contributed by atoms with Gasteiger partial charge in [-0.3, -0.25) is 0 Å². The fraction of sp³-hybridized carbons (Fsp3) is 0.286. The van der Waals surface area contributed by atoms with E-state index in [1.807, 2.05) is 67.6 Å². The second kappa shape index (κ2) is 7.99. The van der Waals surface area contributed by atoms with Crippen LogP contribution in [-0.4, -0.2) is 26.2 Å². The lowest BCUT2D eigenvalue weighted by Crippen LogP contribution is -2.09. The van der Waals surface area contributed by atoms with Gasteiger partial charge in [-0.25, -0.2) is 15.0 Å². The number of hydrogen-bond acceptors (Lipinski definition) is 4. The highest BCUT2D eigenvalue weighted by molar-refractivity contribution is 5.60. The molecule has 0 bridgehead atoms. The second-order valence-electron chi connectivity index (χ2n) is 6.40. The van der Waals surface area contributed by atoms with Gasteiger partial charge in [-0.1, -0.05) is 67.6 Å².